The smallest absolute Gasteiger partial charge is 0.124 e. The quantitative estimate of drug-likeness (QED) is 0.727. The van der Waals surface area contributed by atoms with Crippen LogP contribution < -0.4 is 4.74 Å². The Hall–Kier alpha value is -1.78. The second-order valence-corrected chi connectivity index (χ2v) is 6.31. The molecule has 1 atom stereocenters. The predicted molar refractivity (Wildman–Crippen MR) is 90.5 cm³/mol. The molecule has 0 fully saturated rings. The zero-order valence-corrected chi connectivity index (χ0v) is 13.8. The van der Waals surface area contributed by atoms with Crippen LogP contribution in [0.1, 0.15) is 22.9 Å². The Morgan fingerprint density at radius 2 is 2.09 bits per heavy atom. The monoisotopic (exact) mass is 357 g/mol. The van der Waals surface area contributed by atoms with Gasteiger partial charge in [0.2, 0.25) is 0 Å². The molecular formula is C18H16BrNO2. The summed E-state index contributed by atoms with van der Waals surface area (Å²) in [5.74, 6) is 0.836. The number of aromatic amines is 1. The summed E-state index contributed by atoms with van der Waals surface area (Å²) in [6, 6.07) is 14.5. The molecule has 3 nitrogen and oxygen atoms in total. The molecule has 4 rings (SSSR count). The van der Waals surface area contributed by atoms with Crippen molar-refractivity contribution in [3.63, 3.8) is 0 Å². The van der Waals surface area contributed by atoms with Crippen molar-refractivity contribution < 1.29 is 9.47 Å². The standard InChI is InChI=1S/C18H16BrNO2/c1-21-11-6-7-14(15(19)10-11)18-17-13(8-9-22-18)12-4-2-3-5-16(12)20-17/h2-7,10,18,20H,8-9H2,1H3. The summed E-state index contributed by atoms with van der Waals surface area (Å²) in [5.41, 5.74) is 4.83. The number of rotatable bonds is 2. The number of H-pyrrole nitrogens is 1. The number of methoxy groups -OCH3 is 1. The van der Waals surface area contributed by atoms with E-state index in [4.69, 9.17) is 9.47 Å². The number of nitrogens with one attached hydrogen (secondary N) is 1. The Bertz CT molecular complexity index is 840. The van der Waals surface area contributed by atoms with Crippen molar-refractivity contribution >= 4 is 26.8 Å². The van der Waals surface area contributed by atoms with Crippen LogP contribution in [0.5, 0.6) is 5.75 Å². The molecule has 2 heterocycles. The van der Waals surface area contributed by atoms with Crippen LogP contribution >= 0.6 is 15.9 Å². The Morgan fingerprint density at radius 1 is 1.23 bits per heavy atom. The highest BCUT2D eigenvalue weighted by Gasteiger charge is 2.27. The molecule has 0 aliphatic carbocycles. The van der Waals surface area contributed by atoms with Crippen molar-refractivity contribution in [2.75, 3.05) is 13.7 Å². The fraction of sp³-hybridized carbons (Fsp3) is 0.222. The molecule has 2 aromatic carbocycles. The van der Waals surface area contributed by atoms with Crippen molar-refractivity contribution in [1.29, 1.82) is 0 Å². The van der Waals surface area contributed by atoms with E-state index in [1.807, 2.05) is 12.1 Å². The van der Waals surface area contributed by atoms with Crippen LogP contribution in [0.2, 0.25) is 0 Å². The summed E-state index contributed by atoms with van der Waals surface area (Å²) in [6.45, 7) is 0.734. The molecule has 0 amide bonds. The largest absolute Gasteiger partial charge is 0.497 e. The average molecular weight is 358 g/mol. The van der Waals surface area contributed by atoms with Crippen molar-refractivity contribution in [3.8, 4) is 5.75 Å². The number of ether oxygens (including phenoxy) is 2. The fourth-order valence-corrected chi connectivity index (χ4v) is 3.73. The van der Waals surface area contributed by atoms with E-state index in [1.54, 1.807) is 7.11 Å². The van der Waals surface area contributed by atoms with Gasteiger partial charge in [-0.25, -0.2) is 0 Å². The maximum Gasteiger partial charge on any atom is 0.124 e. The Labute approximate surface area is 137 Å². The molecule has 0 spiro atoms. The van der Waals surface area contributed by atoms with Gasteiger partial charge in [-0.1, -0.05) is 40.2 Å². The zero-order valence-electron chi connectivity index (χ0n) is 12.2. The number of benzene rings is 2. The molecule has 3 aromatic rings. The average Bonchev–Trinajstić information content (AvgIpc) is 2.93. The number of hydrogen-bond acceptors (Lipinski definition) is 2. The lowest BCUT2D eigenvalue weighted by molar-refractivity contribution is 0.0672. The van der Waals surface area contributed by atoms with Crippen LogP contribution in [-0.4, -0.2) is 18.7 Å². The van der Waals surface area contributed by atoms with Crippen LogP contribution in [-0.2, 0) is 11.2 Å². The van der Waals surface area contributed by atoms with Gasteiger partial charge in [-0.3, -0.25) is 0 Å². The van der Waals surface area contributed by atoms with E-state index in [1.165, 1.54) is 22.2 Å². The van der Waals surface area contributed by atoms with Crippen molar-refractivity contribution in [1.82, 2.24) is 4.98 Å². The highest BCUT2D eigenvalue weighted by Crippen LogP contribution is 2.39. The molecule has 1 unspecified atom stereocenters. The van der Waals surface area contributed by atoms with Gasteiger partial charge in [0, 0.05) is 20.9 Å². The van der Waals surface area contributed by atoms with E-state index in [0.717, 1.165) is 28.8 Å². The summed E-state index contributed by atoms with van der Waals surface area (Å²) in [5, 5.41) is 1.30. The number of aromatic nitrogens is 1. The minimum Gasteiger partial charge on any atom is -0.497 e. The summed E-state index contributed by atoms with van der Waals surface area (Å²) >= 11 is 3.65. The van der Waals surface area contributed by atoms with E-state index in [9.17, 15) is 0 Å². The fourth-order valence-electron chi connectivity index (χ4n) is 3.17. The SMILES string of the molecule is COc1ccc(C2OCCc3c2[nH]c2ccccc32)c(Br)c1. The van der Waals surface area contributed by atoms with Gasteiger partial charge in [0.25, 0.3) is 0 Å². The second-order valence-electron chi connectivity index (χ2n) is 5.45. The summed E-state index contributed by atoms with van der Waals surface area (Å²) in [6.07, 6.45) is 0.875. The van der Waals surface area contributed by atoms with E-state index in [0.29, 0.717) is 0 Å². The molecule has 1 aromatic heterocycles. The first-order valence-corrected chi connectivity index (χ1v) is 8.12. The van der Waals surface area contributed by atoms with Gasteiger partial charge in [0.05, 0.1) is 19.4 Å². The number of para-hydroxylation sites is 1. The number of hydrogen-bond donors (Lipinski definition) is 1. The summed E-state index contributed by atoms with van der Waals surface area (Å²) < 4.78 is 12.4. The first kappa shape index (κ1) is 13.9. The Kier molecular flexibility index (Phi) is 3.43. The Morgan fingerprint density at radius 3 is 2.91 bits per heavy atom. The van der Waals surface area contributed by atoms with Gasteiger partial charge < -0.3 is 14.5 Å². The van der Waals surface area contributed by atoms with Gasteiger partial charge in [-0.2, -0.15) is 0 Å². The van der Waals surface area contributed by atoms with E-state index in [2.05, 4.69) is 51.2 Å². The third kappa shape index (κ3) is 2.14. The molecule has 1 aliphatic heterocycles. The molecule has 0 saturated carbocycles. The third-order valence-electron chi connectivity index (χ3n) is 4.24. The van der Waals surface area contributed by atoms with E-state index in [-0.39, 0.29) is 6.10 Å². The Balaban J connectivity index is 1.85. The van der Waals surface area contributed by atoms with Gasteiger partial charge in [-0.15, -0.1) is 0 Å². The molecule has 112 valence electrons. The van der Waals surface area contributed by atoms with Gasteiger partial charge in [-0.05, 0) is 30.2 Å². The van der Waals surface area contributed by atoms with Crippen LogP contribution in [0, 0.1) is 0 Å². The molecule has 0 radical (unpaired) electrons. The normalized spacial score (nSPS) is 17.5. The molecule has 0 saturated heterocycles. The van der Waals surface area contributed by atoms with Gasteiger partial charge in [0.1, 0.15) is 11.9 Å². The third-order valence-corrected chi connectivity index (χ3v) is 4.92. The van der Waals surface area contributed by atoms with Crippen molar-refractivity contribution in [2.45, 2.75) is 12.5 Å². The predicted octanol–water partition coefficient (Wildman–Crippen LogP) is 4.60. The minimum absolute atomic E-state index is 0.0727. The molecular weight excluding hydrogens is 342 g/mol. The van der Waals surface area contributed by atoms with E-state index >= 15 is 0 Å². The van der Waals surface area contributed by atoms with Crippen LogP contribution in [0.25, 0.3) is 10.9 Å². The number of fused-ring (bicyclic) bond motifs is 3. The van der Waals surface area contributed by atoms with Gasteiger partial charge >= 0.3 is 0 Å². The lowest BCUT2D eigenvalue weighted by atomic mass is 9.98. The van der Waals surface area contributed by atoms with Crippen molar-refractivity contribution in [2.24, 2.45) is 0 Å². The topological polar surface area (TPSA) is 34.2 Å². The summed E-state index contributed by atoms with van der Waals surface area (Å²) in [4.78, 5) is 3.54. The lowest BCUT2D eigenvalue weighted by Gasteiger charge is -2.25. The van der Waals surface area contributed by atoms with Crippen LogP contribution in [0.15, 0.2) is 46.9 Å². The first-order valence-electron chi connectivity index (χ1n) is 7.32. The van der Waals surface area contributed by atoms with Gasteiger partial charge in [0.15, 0.2) is 0 Å². The van der Waals surface area contributed by atoms with E-state index < -0.39 is 0 Å². The molecule has 22 heavy (non-hydrogen) atoms. The molecule has 0 bridgehead atoms. The molecule has 1 aliphatic rings. The maximum absolute atomic E-state index is 6.07. The lowest BCUT2D eigenvalue weighted by Crippen LogP contribution is -2.17. The molecule has 1 N–H and O–H groups in total. The van der Waals surface area contributed by atoms with Crippen LogP contribution in [0.4, 0.5) is 0 Å². The first-order chi connectivity index (χ1) is 10.8. The highest BCUT2D eigenvalue weighted by atomic mass is 79.9. The van der Waals surface area contributed by atoms with Crippen molar-refractivity contribution in [3.05, 3.63) is 63.8 Å². The molecule has 4 heteroatoms. The minimum atomic E-state index is -0.0727. The summed E-state index contributed by atoms with van der Waals surface area (Å²) in [7, 11) is 1.67. The number of halogens is 1. The zero-order chi connectivity index (χ0) is 15.1. The second kappa shape index (κ2) is 5.45. The van der Waals surface area contributed by atoms with Crippen LogP contribution in [0.3, 0.4) is 0 Å². The highest BCUT2D eigenvalue weighted by molar-refractivity contribution is 9.10. The maximum atomic E-state index is 6.07.